The van der Waals surface area contributed by atoms with E-state index in [4.69, 9.17) is 4.98 Å². The van der Waals surface area contributed by atoms with Gasteiger partial charge in [-0.1, -0.05) is 28.1 Å². The lowest BCUT2D eigenvalue weighted by molar-refractivity contribution is 0.262. The number of benzene rings is 3. The highest BCUT2D eigenvalue weighted by molar-refractivity contribution is 9.10. The van der Waals surface area contributed by atoms with Crippen LogP contribution < -0.4 is 10.6 Å². The van der Waals surface area contributed by atoms with Crippen LogP contribution in [0.15, 0.2) is 71.2 Å². The van der Waals surface area contributed by atoms with Crippen molar-refractivity contribution in [1.29, 1.82) is 0 Å². The van der Waals surface area contributed by atoms with Crippen LogP contribution in [0.2, 0.25) is 0 Å². The molecule has 0 fully saturated rings. The molecule has 0 unspecified atom stereocenters. The van der Waals surface area contributed by atoms with E-state index in [0.717, 1.165) is 31.9 Å². The second-order valence-electron chi connectivity index (χ2n) is 6.16. The lowest BCUT2D eigenvalue weighted by atomic mass is 10.2. The Kier molecular flexibility index (Phi) is 4.92. The van der Waals surface area contributed by atoms with Crippen molar-refractivity contribution in [3.63, 3.8) is 0 Å². The maximum atomic E-state index is 12.1. The minimum atomic E-state index is -0.281. The number of halogens is 1. The average Bonchev–Trinajstić information content (AvgIpc) is 3.05. The van der Waals surface area contributed by atoms with Crippen LogP contribution in [0, 0.1) is 6.92 Å². The summed E-state index contributed by atoms with van der Waals surface area (Å²) in [5, 5.41) is 6.62. The van der Waals surface area contributed by atoms with Crippen LogP contribution in [0.5, 0.6) is 0 Å². The summed E-state index contributed by atoms with van der Waals surface area (Å²) in [6.45, 7) is 2.08. The van der Waals surface area contributed by atoms with Crippen LogP contribution in [0.1, 0.15) is 5.56 Å². The average molecular weight is 438 g/mol. The first-order valence-corrected chi connectivity index (χ1v) is 9.99. The number of aromatic nitrogens is 1. The minimum Gasteiger partial charge on any atom is -0.308 e. The highest BCUT2D eigenvalue weighted by atomic mass is 79.9. The van der Waals surface area contributed by atoms with Crippen molar-refractivity contribution in [3.8, 4) is 10.6 Å². The first-order valence-electron chi connectivity index (χ1n) is 8.38. The molecule has 0 aliphatic rings. The summed E-state index contributed by atoms with van der Waals surface area (Å²) < 4.78 is 2.09. The molecule has 27 heavy (non-hydrogen) atoms. The number of fused-ring (bicyclic) bond motifs is 1. The van der Waals surface area contributed by atoms with E-state index in [1.54, 1.807) is 11.3 Å². The van der Waals surface area contributed by atoms with Gasteiger partial charge in [0.25, 0.3) is 0 Å². The van der Waals surface area contributed by atoms with Gasteiger partial charge in [-0.15, -0.1) is 11.3 Å². The number of amides is 2. The summed E-state index contributed by atoms with van der Waals surface area (Å²) in [6, 6.07) is 21.2. The molecule has 0 spiro atoms. The molecular formula is C21H16BrN3OS. The Bertz CT molecular complexity index is 1120. The molecule has 2 amide bonds. The van der Waals surface area contributed by atoms with Gasteiger partial charge >= 0.3 is 6.03 Å². The van der Waals surface area contributed by atoms with Gasteiger partial charge < -0.3 is 10.6 Å². The van der Waals surface area contributed by atoms with E-state index < -0.39 is 0 Å². The van der Waals surface area contributed by atoms with Crippen LogP contribution in [0.25, 0.3) is 20.8 Å². The van der Waals surface area contributed by atoms with Crippen LogP contribution >= 0.6 is 27.3 Å². The molecule has 0 saturated carbocycles. The van der Waals surface area contributed by atoms with Gasteiger partial charge in [0, 0.05) is 21.4 Å². The molecule has 6 heteroatoms. The number of anilines is 2. The zero-order valence-electron chi connectivity index (χ0n) is 14.5. The molecule has 4 aromatic rings. The summed E-state index contributed by atoms with van der Waals surface area (Å²) in [5.41, 5.74) is 4.73. The molecule has 0 bridgehead atoms. The molecule has 0 radical (unpaired) electrons. The number of carbonyl (C=O) groups is 1. The Balaban J connectivity index is 1.47. The Hall–Kier alpha value is -2.70. The maximum Gasteiger partial charge on any atom is 0.323 e. The van der Waals surface area contributed by atoms with Crippen molar-refractivity contribution < 1.29 is 4.79 Å². The molecule has 134 valence electrons. The Morgan fingerprint density at radius 2 is 1.74 bits per heavy atom. The second kappa shape index (κ2) is 7.50. The van der Waals surface area contributed by atoms with Crippen molar-refractivity contribution in [2.75, 3.05) is 10.6 Å². The molecule has 0 atom stereocenters. The lowest BCUT2D eigenvalue weighted by Gasteiger charge is -2.08. The first kappa shape index (κ1) is 17.7. The number of hydrogen-bond acceptors (Lipinski definition) is 3. The molecule has 1 aromatic heterocycles. The van der Waals surface area contributed by atoms with E-state index >= 15 is 0 Å². The van der Waals surface area contributed by atoms with Crippen LogP contribution in [-0.2, 0) is 0 Å². The molecule has 0 aliphatic heterocycles. The van der Waals surface area contributed by atoms with Crippen molar-refractivity contribution in [3.05, 3.63) is 76.8 Å². The van der Waals surface area contributed by atoms with Gasteiger partial charge in [-0.3, -0.25) is 0 Å². The van der Waals surface area contributed by atoms with Crippen molar-refractivity contribution in [2.24, 2.45) is 0 Å². The van der Waals surface area contributed by atoms with Crippen molar-refractivity contribution in [2.45, 2.75) is 6.92 Å². The van der Waals surface area contributed by atoms with Crippen LogP contribution in [0.3, 0.4) is 0 Å². The fraction of sp³-hybridized carbons (Fsp3) is 0.0476. The van der Waals surface area contributed by atoms with Crippen LogP contribution in [0.4, 0.5) is 16.2 Å². The quantitative estimate of drug-likeness (QED) is 0.375. The zero-order valence-corrected chi connectivity index (χ0v) is 16.9. The van der Waals surface area contributed by atoms with Gasteiger partial charge in [0.05, 0.1) is 10.2 Å². The molecule has 1 heterocycles. The Morgan fingerprint density at radius 1 is 0.963 bits per heavy atom. The van der Waals surface area contributed by atoms with Crippen molar-refractivity contribution in [1.82, 2.24) is 4.98 Å². The molecule has 0 aliphatic carbocycles. The van der Waals surface area contributed by atoms with Gasteiger partial charge in [-0.2, -0.15) is 0 Å². The topological polar surface area (TPSA) is 54.0 Å². The SMILES string of the molecule is Cc1ccc2nc(-c3ccc(NC(=O)Nc4cccc(Br)c4)cc3)sc2c1. The van der Waals surface area contributed by atoms with Gasteiger partial charge in [0.1, 0.15) is 5.01 Å². The third-order valence-electron chi connectivity index (χ3n) is 4.02. The number of rotatable bonds is 3. The van der Waals surface area contributed by atoms with Gasteiger partial charge in [0.15, 0.2) is 0 Å². The number of thiazole rings is 1. The van der Waals surface area contributed by atoms with E-state index in [2.05, 4.69) is 45.6 Å². The standard InChI is InChI=1S/C21H16BrN3OS/c1-13-5-10-18-19(11-13)27-20(25-18)14-6-8-16(9-7-14)23-21(26)24-17-4-2-3-15(22)12-17/h2-12H,1H3,(H2,23,24,26). The van der Waals surface area contributed by atoms with E-state index in [-0.39, 0.29) is 6.03 Å². The summed E-state index contributed by atoms with van der Waals surface area (Å²) in [7, 11) is 0. The lowest BCUT2D eigenvalue weighted by Crippen LogP contribution is -2.19. The molecule has 3 aromatic carbocycles. The maximum absolute atomic E-state index is 12.1. The molecule has 4 nitrogen and oxygen atoms in total. The number of nitrogens with zero attached hydrogens (tertiary/aromatic N) is 1. The largest absolute Gasteiger partial charge is 0.323 e. The predicted molar refractivity (Wildman–Crippen MR) is 117 cm³/mol. The normalized spacial score (nSPS) is 10.7. The smallest absolute Gasteiger partial charge is 0.308 e. The zero-order chi connectivity index (χ0) is 18.8. The van der Waals surface area contributed by atoms with E-state index in [0.29, 0.717) is 0 Å². The molecular weight excluding hydrogens is 422 g/mol. The first-order chi connectivity index (χ1) is 13.1. The third-order valence-corrected chi connectivity index (χ3v) is 5.58. The molecule has 4 rings (SSSR count). The van der Waals surface area contributed by atoms with Gasteiger partial charge in [-0.05, 0) is 67.1 Å². The van der Waals surface area contributed by atoms with Crippen LogP contribution in [-0.4, -0.2) is 11.0 Å². The van der Waals surface area contributed by atoms with Gasteiger partial charge in [-0.25, -0.2) is 9.78 Å². The third kappa shape index (κ3) is 4.18. The number of hydrogen-bond donors (Lipinski definition) is 2. The molecule has 0 saturated heterocycles. The van der Waals surface area contributed by atoms with Crippen molar-refractivity contribution >= 4 is 54.9 Å². The molecule has 2 N–H and O–H groups in total. The Labute approximate surface area is 169 Å². The summed E-state index contributed by atoms with van der Waals surface area (Å²) in [5.74, 6) is 0. The summed E-state index contributed by atoms with van der Waals surface area (Å²) in [4.78, 5) is 16.8. The Morgan fingerprint density at radius 3 is 2.52 bits per heavy atom. The summed E-state index contributed by atoms with van der Waals surface area (Å²) in [6.07, 6.45) is 0. The second-order valence-corrected chi connectivity index (χ2v) is 8.10. The minimum absolute atomic E-state index is 0.281. The highest BCUT2D eigenvalue weighted by Crippen LogP contribution is 2.31. The fourth-order valence-electron chi connectivity index (χ4n) is 2.71. The highest BCUT2D eigenvalue weighted by Gasteiger charge is 2.08. The van der Waals surface area contributed by atoms with E-state index in [9.17, 15) is 4.79 Å². The number of aryl methyl sites for hydroxylation is 1. The summed E-state index contributed by atoms with van der Waals surface area (Å²) >= 11 is 5.06. The monoisotopic (exact) mass is 437 g/mol. The number of urea groups is 1. The van der Waals surface area contributed by atoms with E-state index in [1.807, 2.05) is 54.6 Å². The fourth-order valence-corrected chi connectivity index (χ4v) is 4.18. The number of carbonyl (C=O) groups excluding carboxylic acids is 1. The predicted octanol–water partition coefficient (Wildman–Crippen LogP) is 6.68. The number of nitrogens with one attached hydrogen (secondary N) is 2. The van der Waals surface area contributed by atoms with Gasteiger partial charge in [0.2, 0.25) is 0 Å². The van der Waals surface area contributed by atoms with E-state index in [1.165, 1.54) is 10.3 Å².